The molecule has 0 amide bonds. The molecule has 96 valence electrons. The van der Waals surface area contributed by atoms with Gasteiger partial charge in [0.15, 0.2) is 0 Å². The van der Waals surface area contributed by atoms with Crippen molar-refractivity contribution < 1.29 is 0 Å². The zero-order chi connectivity index (χ0) is 13.1. The van der Waals surface area contributed by atoms with Crippen molar-refractivity contribution in [2.75, 3.05) is 11.2 Å². The molecule has 0 aliphatic carbocycles. The second-order valence-electron chi connectivity index (χ2n) is 5.03. The summed E-state index contributed by atoms with van der Waals surface area (Å²) in [5.74, 6) is 0. The number of nitriles is 1. The number of nitrogens with two attached hydrogens (primary N) is 1. The summed E-state index contributed by atoms with van der Waals surface area (Å²) in [6, 6.07) is 8.60. The molecule has 1 aliphatic heterocycles. The average Bonchev–Trinajstić information content (AvgIpc) is 2.36. The number of rotatable bonds is 2. The normalized spacial score (nSPS) is 24.5. The molecule has 2 atom stereocenters. The van der Waals surface area contributed by atoms with E-state index in [9.17, 15) is 0 Å². The number of nitrogens with one attached hydrogen (secondary N) is 1. The van der Waals surface area contributed by atoms with Crippen LogP contribution in [0.15, 0.2) is 18.2 Å². The van der Waals surface area contributed by atoms with Crippen LogP contribution in [0.4, 0.5) is 11.4 Å². The number of piperidine rings is 1. The van der Waals surface area contributed by atoms with Crippen LogP contribution in [0, 0.1) is 11.3 Å². The highest BCUT2D eigenvalue weighted by Gasteiger charge is 2.25. The Morgan fingerprint density at radius 2 is 2.00 bits per heavy atom. The van der Waals surface area contributed by atoms with Gasteiger partial charge in [0.2, 0.25) is 0 Å². The molecule has 1 fully saturated rings. The van der Waals surface area contributed by atoms with Crippen LogP contribution < -0.4 is 11.2 Å². The molecule has 2 rings (SSSR count). The summed E-state index contributed by atoms with van der Waals surface area (Å²) in [6.07, 6.45) is 3.65. The maximum absolute atomic E-state index is 8.98. The first kappa shape index (κ1) is 12.7. The van der Waals surface area contributed by atoms with Gasteiger partial charge in [0.25, 0.3) is 0 Å². The summed E-state index contributed by atoms with van der Waals surface area (Å²) in [7, 11) is 0. The van der Waals surface area contributed by atoms with Crippen LogP contribution in [-0.2, 0) is 0 Å². The van der Waals surface area contributed by atoms with Crippen LogP contribution in [0.5, 0.6) is 0 Å². The van der Waals surface area contributed by atoms with E-state index in [1.165, 1.54) is 19.3 Å². The molecule has 0 bridgehead atoms. The first-order chi connectivity index (χ1) is 8.63. The van der Waals surface area contributed by atoms with Gasteiger partial charge < -0.3 is 11.2 Å². The third kappa shape index (κ3) is 2.41. The molecule has 0 aromatic heterocycles. The minimum Gasteiger partial charge on any atom is -0.396 e. The molecule has 1 heterocycles. The monoisotopic (exact) mass is 244 g/mol. The van der Waals surface area contributed by atoms with Crippen LogP contribution in [0.25, 0.3) is 0 Å². The molecule has 1 aliphatic rings. The minimum absolute atomic E-state index is 0.485. The van der Waals surface area contributed by atoms with Crippen molar-refractivity contribution in [2.24, 2.45) is 0 Å². The van der Waals surface area contributed by atoms with Crippen LogP contribution in [0.3, 0.4) is 0 Å². The van der Waals surface area contributed by atoms with Gasteiger partial charge in [0, 0.05) is 12.1 Å². The number of nitrogens with zero attached hydrogens (tertiary/aromatic N) is 2. The van der Waals surface area contributed by atoms with Gasteiger partial charge in [0.1, 0.15) is 6.07 Å². The number of hydrazine groups is 1. The van der Waals surface area contributed by atoms with E-state index >= 15 is 0 Å². The van der Waals surface area contributed by atoms with Gasteiger partial charge in [-0.1, -0.05) is 12.5 Å². The van der Waals surface area contributed by atoms with Crippen LogP contribution in [0.1, 0.15) is 38.7 Å². The summed E-state index contributed by atoms with van der Waals surface area (Å²) in [5, 5.41) is 11.2. The quantitative estimate of drug-likeness (QED) is 0.785. The Labute approximate surface area is 108 Å². The SMILES string of the molecule is CC1CCCC(C)N1Nc1cccc(C#N)c1N. The molecule has 3 N–H and O–H groups in total. The second-order valence-corrected chi connectivity index (χ2v) is 5.03. The van der Waals surface area contributed by atoms with Crippen molar-refractivity contribution in [3.8, 4) is 6.07 Å². The lowest BCUT2D eigenvalue weighted by Gasteiger charge is -2.39. The Bertz CT molecular complexity index is 453. The van der Waals surface area contributed by atoms with Gasteiger partial charge in [-0.05, 0) is 38.8 Å². The third-order valence-electron chi connectivity index (χ3n) is 3.67. The fourth-order valence-corrected chi connectivity index (χ4v) is 2.54. The molecule has 1 aromatic rings. The van der Waals surface area contributed by atoms with Crippen molar-refractivity contribution in [1.29, 1.82) is 5.26 Å². The predicted octanol–water partition coefficient (Wildman–Crippen LogP) is 2.73. The number of nitrogen functional groups attached to an aromatic ring is 1. The van der Waals surface area contributed by atoms with E-state index in [0.717, 1.165) is 5.69 Å². The molecule has 18 heavy (non-hydrogen) atoms. The Kier molecular flexibility index (Phi) is 3.73. The zero-order valence-corrected chi connectivity index (χ0v) is 11.0. The van der Waals surface area contributed by atoms with Crippen molar-refractivity contribution in [3.63, 3.8) is 0 Å². The molecule has 1 saturated heterocycles. The number of hydrogen-bond donors (Lipinski definition) is 2. The molecular weight excluding hydrogens is 224 g/mol. The first-order valence-electron chi connectivity index (χ1n) is 6.47. The molecule has 0 saturated carbocycles. The molecule has 1 aromatic carbocycles. The largest absolute Gasteiger partial charge is 0.396 e. The van der Waals surface area contributed by atoms with E-state index in [1.54, 1.807) is 6.07 Å². The maximum Gasteiger partial charge on any atom is 0.101 e. The van der Waals surface area contributed by atoms with E-state index in [-0.39, 0.29) is 0 Å². The van der Waals surface area contributed by atoms with Crippen LogP contribution in [0.2, 0.25) is 0 Å². The summed E-state index contributed by atoms with van der Waals surface area (Å²) < 4.78 is 0. The molecule has 0 spiro atoms. The predicted molar refractivity (Wildman–Crippen MR) is 73.8 cm³/mol. The number of benzene rings is 1. The topological polar surface area (TPSA) is 65.1 Å². The van der Waals surface area contributed by atoms with Crippen molar-refractivity contribution in [2.45, 2.75) is 45.2 Å². The van der Waals surface area contributed by atoms with Gasteiger partial charge in [-0.15, -0.1) is 0 Å². The Morgan fingerprint density at radius 3 is 2.61 bits per heavy atom. The molecule has 4 nitrogen and oxygen atoms in total. The fraction of sp³-hybridized carbons (Fsp3) is 0.500. The summed E-state index contributed by atoms with van der Waals surface area (Å²) in [5.41, 5.74) is 11.3. The highest BCUT2D eigenvalue weighted by Crippen LogP contribution is 2.27. The lowest BCUT2D eigenvalue weighted by molar-refractivity contribution is 0.136. The highest BCUT2D eigenvalue weighted by atomic mass is 15.5. The van der Waals surface area contributed by atoms with Crippen molar-refractivity contribution in [3.05, 3.63) is 23.8 Å². The summed E-state index contributed by atoms with van der Waals surface area (Å²) >= 11 is 0. The lowest BCUT2D eigenvalue weighted by Crippen LogP contribution is -2.47. The van der Waals surface area contributed by atoms with Crippen LogP contribution >= 0.6 is 0 Å². The Balaban J connectivity index is 2.21. The van der Waals surface area contributed by atoms with E-state index in [1.807, 2.05) is 12.1 Å². The van der Waals surface area contributed by atoms with Gasteiger partial charge >= 0.3 is 0 Å². The Morgan fingerprint density at radius 1 is 1.33 bits per heavy atom. The van der Waals surface area contributed by atoms with Gasteiger partial charge in [-0.2, -0.15) is 5.26 Å². The minimum atomic E-state index is 0.485. The van der Waals surface area contributed by atoms with E-state index in [4.69, 9.17) is 11.0 Å². The number of para-hydroxylation sites is 1. The van der Waals surface area contributed by atoms with E-state index in [0.29, 0.717) is 23.3 Å². The second kappa shape index (κ2) is 5.28. The molecule has 0 radical (unpaired) electrons. The van der Waals surface area contributed by atoms with Crippen LogP contribution in [-0.4, -0.2) is 17.1 Å². The lowest BCUT2D eigenvalue weighted by atomic mass is 10.00. The fourth-order valence-electron chi connectivity index (χ4n) is 2.54. The van der Waals surface area contributed by atoms with E-state index < -0.39 is 0 Å². The van der Waals surface area contributed by atoms with Crippen molar-refractivity contribution in [1.82, 2.24) is 5.01 Å². The zero-order valence-electron chi connectivity index (χ0n) is 11.0. The maximum atomic E-state index is 8.98. The average molecular weight is 244 g/mol. The first-order valence-corrected chi connectivity index (χ1v) is 6.47. The smallest absolute Gasteiger partial charge is 0.101 e. The molecule has 2 unspecified atom stereocenters. The summed E-state index contributed by atoms with van der Waals surface area (Å²) in [6.45, 7) is 4.43. The summed E-state index contributed by atoms with van der Waals surface area (Å²) in [4.78, 5) is 0. The van der Waals surface area contributed by atoms with Gasteiger partial charge in [-0.3, -0.25) is 0 Å². The highest BCUT2D eigenvalue weighted by molar-refractivity contribution is 5.72. The standard InChI is InChI=1S/C14H20N4/c1-10-5-3-6-11(2)18(10)17-13-8-4-7-12(9-15)14(13)16/h4,7-8,10-11,17H,3,5-6,16H2,1-2H3. The third-order valence-corrected chi connectivity index (χ3v) is 3.67. The van der Waals surface area contributed by atoms with Gasteiger partial charge in [-0.25, -0.2) is 5.01 Å². The van der Waals surface area contributed by atoms with Gasteiger partial charge in [0.05, 0.1) is 16.9 Å². The molecular formula is C14H20N4. The number of anilines is 2. The van der Waals surface area contributed by atoms with Crippen molar-refractivity contribution >= 4 is 11.4 Å². The molecule has 4 heteroatoms. The number of hydrogen-bond acceptors (Lipinski definition) is 4. The van der Waals surface area contributed by atoms with E-state index in [2.05, 4.69) is 30.4 Å². The Hall–Kier alpha value is -1.73.